The van der Waals surface area contributed by atoms with Crippen LogP contribution in [-0.2, 0) is 4.12 Å². The molecular formula is C49H68O8Si2. The highest BCUT2D eigenvalue weighted by molar-refractivity contribution is 6.84. The molecule has 0 saturated heterocycles. The van der Waals surface area contributed by atoms with Gasteiger partial charge in [-0.1, -0.05) is 96.4 Å². The van der Waals surface area contributed by atoms with Crippen molar-refractivity contribution in [2.24, 2.45) is 5.92 Å². The lowest BCUT2D eigenvalue weighted by Crippen LogP contribution is -2.42. The topological polar surface area (TPSA) is 89.5 Å². The predicted octanol–water partition coefficient (Wildman–Crippen LogP) is 13.6. The third kappa shape index (κ3) is 17.4. The molecule has 0 radical (unpaired) electrons. The molecule has 320 valence electrons. The van der Waals surface area contributed by atoms with E-state index in [2.05, 4.69) is 53.5 Å². The molecule has 0 saturated carbocycles. The molecule has 0 aliphatic heterocycles. The quantitative estimate of drug-likeness (QED) is 0.0267. The SMILES string of the molecule is CCCCCCCCOc1ccc(-c2ccc(OC(=O)c3ccc(OC(=O)c4ccc(OC[C@H](C)CC)cc4OCCCCC[Si](C)(C)O[Si](C)(C)C)cc3)cc2)cc1. The Bertz CT molecular complexity index is 1850. The molecule has 0 amide bonds. The lowest BCUT2D eigenvalue weighted by molar-refractivity contribution is 0.0727. The maximum Gasteiger partial charge on any atom is 0.347 e. The van der Waals surface area contributed by atoms with Crippen molar-refractivity contribution in [1.29, 1.82) is 0 Å². The highest BCUT2D eigenvalue weighted by Gasteiger charge is 2.29. The third-order valence-corrected chi connectivity index (χ3v) is 16.2. The Balaban J connectivity index is 1.29. The number of hydrogen-bond acceptors (Lipinski definition) is 8. The molecular weight excluding hydrogens is 773 g/mol. The summed E-state index contributed by atoms with van der Waals surface area (Å²) in [6, 6.07) is 28.1. The van der Waals surface area contributed by atoms with E-state index < -0.39 is 28.6 Å². The van der Waals surface area contributed by atoms with Crippen LogP contribution in [0.15, 0.2) is 91.0 Å². The summed E-state index contributed by atoms with van der Waals surface area (Å²) in [7, 11) is -3.25. The van der Waals surface area contributed by atoms with E-state index in [1.54, 1.807) is 54.6 Å². The van der Waals surface area contributed by atoms with Crippen molar-refractivity contribution in [2.45, 2.75) is 124 Å². The minimum absolute atomic E-state index is 0.296. The molecule has 10 heteroatoms. The Labute approximate surface area is 356 Å². The van der Waals surface area contributed by atoms with Gasteiger partial charge in [-0.3, -0.25) is 0 Å². The van der Waals surface area contributed by atoms with Gasteiger partial charge in [-0.15, -0.1) is 0 Å². The van der Waals surface area contributed by atoms with Crippen LogP contribution in [0.25, 0.3) is 11.1 Å². The van der Waals surface area contributed by atoms with E-state index in [1.165, 1.54) is 32.1 Å². The summed E-state index contributed by atoms with van der Waals surface area (Å²) in [6.45, 7) is 19.6. The molecule has 4 aromatic rings. The standard InChI is InChI=1S/C49H68O8Si2/c1-9-11-12-13-14-16-33-52-42-25-19-39(20-26-42)40-21-27-43(28-22-40)55-48(50)41-23-29-44(30-24-41)56-49(51)46-32-31-45(54-37-38(3)10-2)36-47(46)53-34-17-15-18-35-59(7,8)57-58(4,5)6/h19-32,36,38H,9-18,33-35,37H2,1-8H3/t38-/m1/s1. The summed E-state index contributed by atoms with van der Waals surface area (Å²) in [5.74, 6) is 1.98. The monoisotopic (exact) mass is 840 g/mol. The lowest BCUT2D eigenvalue weighted by Gasteiger charge is -2.31. The first-order valence-electron chi connectivity index (χ1n) is 21.7. The first kappa shape index (κ1) is 47.3. The van der Waals surface area contributed by atoms with Gasteiger partial charge in [0.1, 0.15) is 34.3 Å². The van der Waals surface area contributed by atoms with Crippen LogP contribution in [0.3, 0.4) is 0 Å². The van der Waals surface area contributed by atoms with E-state index in [-0.39, 0.29) is 0 Å². The van der Waals surface area contributed by atoms with E-state index in [9.17, 15) is 9.59 Å². The van der Waals surface area contributed by atoms with Crippen molar-refractivity contribution in [3.63, 3.8) is 0 Å². The average Bonchev–Trinajstić information content (AvgIpc) is 3.20. The van der Waals surface area contributed by atoms with E-state index in [4.69, 9.17) is 27.8 Å². The molecule has 0 aromatic heterocycles. The van der Waals surface area contributed by atoms with Crippen molar-refractivity contribution in [1.82, 2.24) is 0 Å². The molecule has 1 atom stereocenters. The van der Waals surface area contributed by atoms with Gasteiger partial charge in [0.05, 0.1) is 25.4 Å². The first-order valence-corrected chi connectivity index (χ1v) is 28.2. The van der Waals surface area contributed by atoms with Crippen molar-refractivity contribution in [2.75, 3.05) is 19.8 Å². The molecule has 0 fully saturated rings. The molecule has 8 nitrogen and oxygen atoms in total. The van der Waals surface area contributed by atoms with Crippen LogP contribution in [0, 0.1) is 5.92 Å². The number of carbonyl (C=O) groups is 2. The predicted molar refractivity (Wildman–Crippen MR) is 245 cm³/mol. The second-order valence-corrected chi connectivity index (χ2v) is 26.1. The summed E-state index contributed by atoms with van der Waals surface area (Å²) >= 11 is 0. The Morgan fingerprint density at radius 1 is 0.559 bits per heavy atom. The number of rotatable bonds is 26. The zero-order chi connectivity index (χ0) is 42.7. The van der Waals surface area contributed by atoms with E-state index in [0.29, 0.717) is 53.3 Å². The molecule has 4 rings (SSSR count). The Kier molecular flexibility index (Phi) is 19.2. The number of hydrogen-bond donors (Lipinski definition) is 0. The molecule has 59 heavy (non-hydrogen) atoms. The maximum atomic E-state index is 13.5. The Hall–Kier alpha value is -4.39. The van der Waals surface area contributed by atoms with Crippen LogP contribution in [0.2, 0.25) is 38.8 Å². The zero-order valence-corrected chi connectivity index (χ0v) is 38.9. The van der Waals surface area contributed by atoms with E-state index in [1.807, 2.05) is 36.4 Å². The van der Waals surface area contributed by atoms with Crippen molar-refractivity contribution in [3.05, 3.63) is 102 Å². The largest absolute Gasteiger partial charge is 0.494 e. The van der Waals surface area contributed by atoms with Crippen molar-refractivity contribution in [3.8, 4) is 39.9 Å². The van der Waals surface area contributed by atoms with Gasteiger partial charge in [-0.05, 0) is 129 Å². The lowest BCUT2D eigenvalue weighted by atomic mass is 10.1. The maximum absolute atomic E-state index is 13.5. The smallest absolute Gasteiger partial charge is 0.347 e. The molecule has 0 spiro atoms. The number of esters is 2. The van der Waals surface area contributed by atoms with Gasteiger partial charge in [-0.25, -0.2) is 9.59 Å². The summed E-state index contributed by atoms with van der Waals surface area (Å²) < 4.78 is 36.0. The van der Waals surface area contributed by atoms with E-state index in [0.717, 1.165) is 61.6 Å². The summed E-state index contributed by atoms with van der Waals surface area (Å²) in [6.07, 6.45) is 11.4. The zero-order valence-electron chi connectivity index (χ0n) is 36.9. The van der Waals surface area contributed by atoms with Gasteiger partial charge in [0, 0.05) is 6.07 Å². The fraction of sp³-hybridized carbons (Fsp3) is 0.469. The summed E-state index contributed by atoms with van der Waals surface area (Å²) in [5, 5.41) is 0. The normalized spacial score (nSPS) is 12.1. The fourth-order valence-corrected chi connectivity index (χ4v) is 14.8. The number of benzene rings is 4. The first-order chi connectivity index (χ1) is 28.2. The summed E-state index contributed by atoms with van der Waals surface area (Å²) in [5.41, 5.74) is 2.68. The molecule has 0 unspecified atom stereocenters. The average molecular weight is 841 g/mol. The van der Waals surface area contributed by atoms with Crippen LogP contribution in [-0.4, -0.2) is 48.4 Å². The Morgan fingerprint density at radius 3 is 1.69 bits per heavy atom. The van der Waals surface area contributed by atoms with Gasteiger partial charge in [0.2, 0.25) is 0 Å². The second kappa shape index (κ2) is 24.0. The highest BCUT2D eigenvalue weighted by atomic mass is 28.4. The third-order valence-electron chi connectivity index (χ3n) is 9.99. The van der Waals surface area contributed by atoms with Crippen LogP contribution < -0.4 is 23.7 Å². The highest BCUT2D eigenvalue weighted by Crippen LogP contribution is 2.29. The molecule has 0 aliphatic carbocycles. The molecule has 0 aliphatic rings. The number of carbonyl (C=O) groups excluding carboxylic acids is 2. The van der Waals surface area contributed by atoms with Crippen molar-refractivity contribution < 1.29 is 37.4 Å². The minimum atomic E-state index is -1.69. The molecule has 0 bridgehead atoms. The molecule has 4 aromatic carbocycles. The minimum Gasteiger partial charge on any atom is -0.494 e. The second-order valence-electron chi connectivity index (χ2n) is 17.1. The van der Waals surface area contributed by atoms with E-state index >= 15 is 0 Å². The van der Waals surface area contributed by atoms with Gasteiger partial charge >= 0.3 is 11.9 Å². The van der Waals surface area contributed by atoms with Gasteiger partial charge < -0.3 is 27.8 Å². The molecule has 0 heterocycles. The van der Waals surface area contributed by atoms with Crippen molar-refractivity contribution >= 4 is 28.6 Å². The van der Waals surface area contributed by atoms with Crippen LogP contribution >= 0.6 is 0 Å². The summed E-state index contributed by atoms with van der Waals surface area (Å²) in [4.78, 5) is 26.5. The number of unbranched alkanes of at least 4 members (excludes halogenated alkanes) is 7. The van der Waals surface area contributed by atoms with Gasteiger partial charge in [0.15, 0.2) is 16.6 Å². The number of ether oxygens (including phenoxy) is 5. The van der Waals surface area contributed by atoms with Crippen LogP contribution in [0.1, 0.15) is 106 Å². The van der Waals surface area contributed by atoms with Gasteiger partial charge in [-0.2, -0.15) is 0 Å². The van der Waals surface area contributed by atoms with Gasteiger partial charge in [0.25, 0.3) is 0 Å². The van der Waals surface area contributed by atoms with Crippen LogP contribution in [0.4, 0.5) is 0 Å². The van der Waals surface area contributed by atoms with Crippen LogP contribution in [0.5, 0.6) is 28.7 Å². The molecule has 0 N–H and O–H groups in total. The fourth-order valence-electron chi connectivity index (χ4n) is 6.65. The Morgan fingerprint density at radius 2 is 1.08 bits per heavy atom.